The summed E-state index contributed by atoms with van der Waals surface area (Å²) in [6, 6.07) is 5.48. The van der Waals surface area contributed by atoms with Crippen LogP contribution in [0.2, 0.25) is 0 Å². The predicted octanol–water partition coefficient (Wildman–Crippen LogP) is 3.89. The van der Waals surface area contributed by atoms with Crippen LogP contribution in [-0.2, 0) is 4.74 Å². The molecule has 0 aliphatic carbocycles. The number of rotatable bonds is 3. The van der Waals surface area contributed by atoms with Gasteiger partial charge in [-0.3, -0.25) is 0 Å². The van der Waals surface area contributed by atoms with Crippen molar-refractivity contribution in [3.05, 3.63) is 29.6 Å². The maximum absolute atomic E-state index is 13.8. The SMILES string of the molecule is CCC1(C)CC(Nc2c(C)cccc2F)CCO1. The van der Waals surface area contributed by atoms with Gasteiger partial charge in [-0.25, -0.2) is 4.39 Å². The number of anilines is 1. The molecule has 18 heavy (non-hydrogen) atoms. The fourth-order valence-corrected chi connectivity index (χ4v) is 2.52. The number of para-hydroxylation sites is 1. The first kappa shape index (κ1) is 13.3. The Morgan fingerprint density at radius 1 is 1.50 bits per heavy atom. The molecule has 0 spiro atoms. The molecule has 100 valence electrons. The summed E-state index contributed by atoms with van der Waals surface area (Å²) in [5, 5.41) is 3.35. The normalized spacial score (nSPS) is 28.1. The van der Waals surface area contributed by atoms with Crippen LogP contribution < -0.4 is 5.32 Å². The van der Waals surface area contributed by atoms with Crippen LogP contribution in [0.5, 0.6) is 0 Å². The highest BCUT2D eigenvalue weighted by Gasteiger charge is 2.31. The van der Waals surface area contributed by atoms with Crippen molar-refractivity contribution in [2.45, 2.75) is 51.7 Å². The third-order valence-electron chi connectivity index (χ3n) is 3.91. The van der Waals surface area contributed by atoms with E-state index in [2.05, 4.69) is 19.2 Å². The minimum absolute atomic E-state index is 0.0743. The molecule has 1 aliphatic rings. The molecule has 1 aromatic rings. The highest BCUT2D eigenvalue weighted by atomic mass is 19.1. The summed E-state index contributed by atoms with van der Waals surface area (Å²) in [5.41, 5.74) is 1.53. The van der Waals surface area contributed by atoms with Crippen LogP contribution in [-0.4, -0.2) is 18.2 Å². The Bertz CT molecular complexity index is 401. The molecule has 1 fully saturated rings. The second kappa shape index (κ2) is 5.27. The first-order valence-electron chi connectivity index (χ1n) is 6.70. The van der Waals surface area contributed by atoms with E-state index in [9.17, 15) is 4.39 Å². The van der Waals surface area contributed by atoms with Crippen LogP contribution in [0.4, 0.5) is 10.1 Å². The molecular weight excluding hydrogens is 229 g/mol. The second-order valence-corrected chi connectivity index (χ2v) is 5.42. The zero-order valence-corrected chi connectivity index (χ0v) is 11.4. The van der Waals surface area contributed by atoms with Gasteiger partial charge in [0.15, 0.2) is 0 Å². The molecule has 1 N–H and O–H groups in total. The highest BCUT2D eigenvalue weighted by Crippen LogP contribution is 2.30. The van der Waals surface area contributed by atoms with Crippen LogP contribution >= 0.6 is 0 Å². The van der Waals surface area contributed by atoms with Gasteiger partial charge in [-0.05, 0) is 44.7 Å². The van der Waals surface area contributed by atoms with E-state index >= 15 is 0 Å². The summed E-state index contributed by atoms with van der Waals surface area (Å²) < 4.78 is 19.6. The van der Waals surface area contributed by atoms with E-state index in [-0.39, 0.29) is 11.4 Å². The molecular formula is C15H22FNO. The largest absolute Gasteiger partial charge is 0.380 e. The Hall–Kier alpha value is -1.09. The van der Waals surface area contributed by atoms with Crippen molar-refractivity contribution in [2.75, 3.05) is 11.9 Å². The van der Waals surface area contributed by atoms with Crippen LogP contribution in [0.3, 0.4) is 0 Å². The van der Waals surface area contributed by atoms with E-state index in [1.807, 2.05) is 13.0 Å². The molecule has 1 aromatic carbocycles. The summed E-state index contributed by atoms with van der Waals surface area (Å²) in [7, 11) is 0. The van der Waals surface area contributed by atoms with Crippen molar-refractivity contribution in [1.29, 1.82) is 0 Å². The molecule has 2 rings (SSSR count). The Balaban J connectivity index is 2.10. The lowest BCUT2D eigenvalue weighted by atomic mass is 9.89. The maximum atomic E-state index is 13.8. The van der Waals surface area contributed by atoms with Crippen molar-refractivity contribution in [3.63, 3.8) is 0 Å². The monoisotopic (exact) mass is 251 g/mol. The van der Waals surface area contributed by atoms with Gasteiger partial charge in [-0.1, -0.05) is 19.1 Å². The lowest BCUT2D eigenvalue weighted by molar-refractivity contribution is -0.0709. The van der Waals surface area contributed by atoms with Gasteiger partial charge < -0.3 is 10.1 Å². The summed E-state index contributed by atoms with van der Waals surface area (Å²) in [5.74, 6) is -0.167. The van der Waals surface area contributed by atoms with Crippen molar-refractivity contribution >= 4 is 5.69 Å². The van der Waals surface area contributed by atoms with E-state index < -0.39 is 0 Å². The van der Waals surface area contributed by atoms with Crippen LogP contribution in [0.25, 0.3) is 0 Å². The molecule has 1 heterocycles. The number of aryl methyl sites for hydroxylation is 1. The second-order valence-electron chi connectivity index (χ2n) is 5.42. The first-order chi connectivity index (χ1) is 8.54. The minimum atomic E-state index is -0.167. The molecule has 0 bridgehead atoms. The summed E-state index contributed by atoms with van der Waals surface area (Å²) in [6.07, 6.45) is 2.85. The molecule has 2 nitrogen and oxygen atoms in total. The average Bonchev–Trinajstić information content (AvgIpc) is 2.34. The Labute approximate surface area is 109 Å². The van der Waals surface area contributed by atoms with Gasteiger partial charge in [0, 0.05) is 12.6 Å². The molecule has 0 amide bonds. The molecule has 0 radical (unpaired) electrons. The van der Waals surface area contributed by atoms with E-state index in [1.165, 1.54) is 6.07 Å². The number of benzene rings is 1. The van der Waals surface area contributed by atoms with Crippen molar-refractivity contribution in [1.82, 2.24) is 0 Å². The third-order valence-corrected chi connectivity index (χ3v) is 3.91. The van der Waals surface area contributed by atoms with Gasteiger partial charge in [0.1, 0.15) is 5.82 Å². The number of nitrogens with one attached hydrogen (secondary N) is 1. The zero-order valence-electron chi connectivity index (χ0n) is 11.4. The van der Waals surface area contributed by atoms with Crippen LogP contribution in [0, 0.1) is 12.7 Å². The Morgan fingerprint density at radius 3 is 2.94 bits per heavy atom. The molecule has 2 atom stereocenters. The predicted molar refractivity (Wildman–Crippen MR) is 72.4 cm³/mol. The molecule has 1 saturated heterocycles. The lowest BCUT2D eigenvalue weighted by Gasteiger charge is -2.38. The Kier molecular flexibility index (Phi) is 3.91. The van der Waals surface area contributed by atoms with Gasteiger partial charge >= 0.3 is 0 Å². The molecule has 1 aliphatic heterocycles. The fourth-order valence-electron chi connectivity index (χ4n) is 2.52. The average molecular weight is 251 g/mol. The van der Waals surface area contributed by atoms with E-state index in [4.69, 9.17) is 4.74 Å². The van der Waals surface area contributed by atoms with Crippen LogP contribution in [0.15, 0.2) is 18.2 Å². The quantitative estimate of drug-likeness (QED) is 0.880. The minimum Gasteiger partial charge on any atom is -0.380 e. The number of halogens is 1. The fraction of sp³-hybridized carbons (Fsp3) is 0.600. The van der Waals surface area contributed by atoms with Gasteiger partial charge in [0.25, 0.3) is 0 Å². The summed E-state index contributed by atoms with van der Waals surface area (Å²) in [4.78, 5) is 0. The molecule has 0 saturated carbocycles. The first-order valence-corrected chi connectivity index (χ1v) is 6.70. The number of ether oxygens (including phenoxy) is 1. The highest BCUT2D eigenvalue weighted by molar-refractivity contribution is 5.52. The Morgan fingerprint density at radius 2 is 2.28 bits per heavy atom. The zero-order chi connectivity index (χ0) is 13.2. The van der Waals surface area contributed by atoms with E-state index in [0.29, 0.717) is 11.7 Å². The van der Waals surface area contributed by atoms with Gasteiger partial charge in [0.05, 0.1) is 11.3 Å². The van der Waals surface area contributed by atoms with Crippen LogP contribution in [0.1, 0.15) is 38.7 Å². The number of hydrogen-bond donors (Lipinski definition) is 1. The van der Waals surface area contributed by atoms with Gasteiger partial charge in [0.2, 0.25) is 0 Å². The topological polar surface area (TPSA) is 21.3 Å². The van der Waals surface area contributed by atoms with E-state index in [0.717, 1.165) is 31.4 Å². The molecule has 0 aromatic heterocycles. The maximum Gasteiger partial charge on any atom is 0.146 e. The van der Waals surface area contributed by atoms with Crippen molar-refractivity contribution in [2.24, 2.45) is 0 Å². The van der Waals surface area contributed by atoms with Crippen molar-refractivity contribution < 1.29 is 9.13 Å². The third kappa shape index (κ3) is 2.83. The molecule has 3 heteroatoms. The standard InChI is InChI=1S/C15H22FNO/c1-4-15(3)10-12(8-9-18-15)17-14-11(2)6-5-7-13(14)16/h5-7,12,17H,4,8-10H2,1-3H3. The van der Waals surface area contributed by atoms with Crippen molar-refractivity contribution in [3.8, 4) is 0 Å². The number of hydrogen-bond acceptors (Lipinski definition) is 2. The van der Waals surface area contributed by atoms with E-state index in [1.54, 1.807) is 6.07 Å². The van der Waals surface area contributed by atoms with Gasteiger partial charge in [-0.2, -0.15) is 0 Å². The summed E-state index contributed by atoms with van der Waals surface area (Å²) >= 11 is 0. The van der Waals surface area contributed by atoms with Gasteiger partial charge in [-0.15, -0.1) is 0 Å². The lowest BCUT2D eigenvalue weighted by Crippen LogP contribution is -2.42. The molecule has 2 unspecified atom stereocenters. The summed E-state index contributed by atoms with van der Waals surface area (Å²) in [6.45, 7) is 6.95. The smallest absolute Gasteiger partial charge is 0.146 e.